The molecular weight excluding hydrogens is 433 g/mol. The van der Waals surface area contributed by atoms with Crippen LogP contribution < -0.4 is 21.1 Å². The van der Waals surface area contributed by atoms with Gasteiger partial charge in [0.1, 0.15) is 23.7 Å². The molecule has 1 aromatic heterocycles. The Kier molecular flexibility index (Phi) is 5.86. The zero-order chi connectivity index (χ0) is 23.7. The number of halogens is 1. The Morgan fingerprint density at radius 1 is 1.03 bits per heavy atom. The van der Waals surface area contributed by atoms with E-state index in [2.05, 4.69) is 21.7 Å². The minimum atomic E-state index is -0.713. The maximum Gasteiger partial charge on any atom is 0.251 e. The first-order valence-corrected chi connectivity index (χ1v) is 11.3. The highest BCUT2D eigenvalue weighted by Crippen LogP contribution is 2.35. The van der Waals surface area contributed by atoms with E-state index in [1.807, 2.05) is 6.07 Å². The summed E-state index contributed by atoms with van der Waals surface area (Å²) in [6.07, 6.45) is 2.50. The Morgan fingerprint density at radius 3 is 2.59 bits per heavy atom. The van der Waals surface area contributed by atoms with Gasteiger partial charge >= 0.3 is 0 Å². The molecule has 0 spiro atoms. The monoisotopic (exact) mass is 457 g/mol. The zero-order valence-electron chi connectivity index (χ0n) is 18.5. The molecule has 0 radical (unpaired) electrons. The predicted octanol–water partition coefficient (Wildman–Crippen LogP) is 3.43. The molecular formula is C26H24FN5O2. The van der Waals surface area contributed by atoms with E-state index in [0.717, 1.165) is 37.1 Å². The molecule has 7 nitrogen and oxygen atoms in total. The molecule has 0 aliphatic carbocycles. The van der Waals surface area contributed by atoms with E-state index in [1.165, 1.54) is 0 Å². The summed E-state index contributed by atoms with van der Waals surface area (Å²) >= 11 is 0. The van der Waals surface area contributed by atoms with Gasteiger partial charge in [-0.15, -0.1) is 0 Å². The fraction of sp³-hybridized carbons (Fsp3) is 0.269. The summed E-state index contributed by atoms with van der Waals surface area (Å²) < 4.78 is 20.9. The van der Waals surface area contributed by atoms with Crippen LogP contribution in [0.4, 0.5) is 10.2 Å². The fourth-order valence-electron chi connectivity index (χ4n) is 4.51. The molecule has 0 atom stereocenters. The van der Waals surface area contributed by atoms with Crippen molar-refractivity contribution in [3.63, 3.8) is 0 Å². The van der Waals surface area contributed by atoms with Crippen molar-refractivity contribution < 1.29 is 13.9 Å². The number of nitrogens with two attached hydrogens (primary N) is 1. The van der Waals surface area contributed by atoms with Gasteiger partial charge in [0.15, 0.2) is 0 Å². The summed E-state index contributed by atoms with van der Waals surface area (Å²) in [7, 11) is 0. The average molecular weight is 458 g/mol. The van der Waals surface area contributed by atoms with Gasteiger partial charge in [0.05, 0.1) is 5.56 Å². The third-order valence-corrected chi connectivity index (χ3v) is 6.34. The van der Waals surface area contributed by atoms with Crippen LogP contribution >= 0.6 is 0 Å². The Labute approximate surface area is 196 Å². The molecule has 1 amide bonds. The highest BCUT2D eigenvalue weighted by atomic mass is 19.1. The van der Waals surface area contributed by atoms with Crippen LogP contribution in [0.3, 0.4) is 0 Å². The van der Waals surface area contributed by atoms with Crippen LogP contribution in [0.2, 0.25) is 0 Å². The number of pyridine rings is 1. The Balaban J connectivity index is 1.50. The van der Waals surface area contributed by atoms with Gasteiger partial charge in [0, 0.05) is 23.2 Å². The maximum absolute atomic E-state index is 14.9. The third-order valence-electron chi connectivity index (χ3n) is 6.34. The number of rotatable bonds is 4. The van der Waals surface area contributed by atoms with Crippen molar-refractivity contribution in [2.24, 2.45) is 0 Å². The molecule has 3 heterocycles. The van der Waals surface area contributed by atoms with E-state index in [4.69, 9.17) is 10.5 Å². The molecule has 172 valence electrons. The molecule has 0 unspecified atom stereocenters. The number of ether oxygens (including phenoxy) is 1. The number of carbonyl (C=O) groups is 1. The van der Waals surface area contributed by atoms with E-state index in [0.29, 0.717) is 41.0 Å². The van der Waals surface area contributed by atoms with E-state index < -0.39 is 5.95 Å². The third kappa shape index (κ3) is 4.18. The van der Waals surface area contributed by atoms with Gasteiger partial charge in [-0.25, -0.2) is 4.98 Å². The van der Waals surface area contributed by atoms with E-state index in [-0.39, 0.29) is 23.4 Å². The summed E-state index contributed by atoms with van der Waals surface area (Å²) in [5.41, 5.74) is 10.0. The van der Waals surface area contributed by atoms with Gasteiger partial charge in [-0.05, 0) is 73.3 Å². The van der Waals surface area contributed by atoms with Crippen LogP contribution in [-0.2, 0) is 6.42 Å². The molecule has 34 heavy (non-hydrogen) atoms. The quantitative estimate of drug-likeness (QED) is 0.518. The van der Waals surface area contributed by atoms with Crippen LogP contribution in [0, 0.1) is 17.3 Å². The molecule has 0 bridgehead atoms. The molecule has 0 saturated carbocycles. The largest absolute Gasteiger partial charge is 0.489 e. The van der Waals surface area contributed by atoms with Crippen molar-refractivity contribution in [1.29, 1.82) is 5.26 Å². The number of amides is 1. The normalized spacial score (nSPS) is 15.8. The van der Waals surface area contributed by atoms with Gasteiger partial charge in [0.2, 0.25) is 5.95 Å². The Morgan fingerprint density at radius 2 is 1.79 bits per heavy atom. The summed E-state index contributed by atoms with van der Waals surface area (Å²) in [5, 5.41) is 15.8. The van der Waals surface area contributed by atoms with E-state index in [1.54, 1.807) is 36.4 Å². The van der Waals surface area contributed by atoms with Crippen LogP contribution in [0.15, 0.2) is 42.5 Å². The number of hydrogen-bond acceptors (Lipinski definition) is 6. The molecule has 3 aromatic rings. The number of fused-ring (bicyclic) bond motifs is 1. The number of hydrogen-bond donors (Lipinski definition) is 3. The summed E-state index contributed by atoms with van der Waals surface area (Å²) in [4.78, 5) is 16.0. The number of nitrogen functional groups attached to an aromatic ring is 1. The van der Waals surface area contributed by atoms with E-state index >= 15 is 0 Å². The van der Waals surface area contributed by atoms with Crippen LogP contribution in [-0.4, -0.2) is 36.6 Å². The van der Waals surface area contributed by atoms with Gasteiger partial charge in [-0.2, -0.15) is 9.65 Å². The average Bonchev–Trinajstić information content (AvgIpc) is 2.85. The first kappa shape index (κ1) is 21.9. The molecule has 8 heteroatoms. The number of aromatic nitrogens is 1. The lowest BCUT2D eigenvalue weighted by atomic mass is 9.94. The topological polar surface area (TPSA) is 113 Å². The molecule has 1 saturated heterocycles. The van der Waals surface area contributed by atoms with E-state index in [9.17, 15) is 14.4 Å². The van der Waals surface area contributed by atoms with Crippen LogP contribution in [0.5, 0.6) is 5.75 Å². The predicted molar refractivity (Wildman–Crippen MR) is 127 cm³/mol. The van der Waals surface area contributed by atoms with Gasteiger partial charge in [0.25, 0.3) is 5.91 Å². The molecule has 1 fully saturated rings. The highest BCUT2D eigenvalue weighted by molar-refractivity contribution is 5.97. The molecule has 2 aliphatic heterocycles. The Hall–Kier alpha value is -3.96. The number of nitrogens with zero attached hydrogens (tertiary/aromatic N) is 2. The lowest BCUT2D eigenvalue weighted by Gasteiger charge is -2.24. The number of piperidine rings is 1. The minimum absolute atomic E-state index is 0.0480. The van der Waals surface area contributed by atoms with Gasteiger partial charge in [-0.3, -0.25) is 4.79 Å². The standard InChI is InChI=1S/C26H24FN5O2/c27-24-21(15-2-4-23(18(12-15)14-28)34-19-6-8-30-9-7-19)13-22(25(29)32-24)16-1-3-20-17(11-16)5-10-31-26(20)33/h1-4,11-13,19,30H,5-10H2,(H2,29,32)(H,31,33). The summed E-state index contributed by atoms with van der Waals surface area (Å²) in [6, 6.07) is 14.3. The molecule has 2 aromatic carbocycles. The summed E-state index contributed by atoms with van der Waals surface area (Å²) in [6.45, 7) is 2.33. The number of anilines is 1. The van der Waals surface area contributed by atoms with Crippen molar-refractivity contribution in [1.82, 2.24) is 15.6 Å². The minimum Gasteiger partial charge on any atom is -0.489 e. The Bertz CT molecular complexity index is 1310. The summed E-state index contributed by atoms with van der Waals surface area (Å²) in [5.74, 6) is -0.257. The van der Waals surface area contributed by atoms with Crippen LogP contribution in [0.25, 0.3) is 22.3 Å². The first-order valence-electron chi connectivity index (χ1n) is 11.3. The molecule has 2 aliphatic rings. The molecule has 4 N–H and O–H groups in total. The first-order chi connectivity index (χ1) is 16.5. The number of carbonyl (C=O) groups excluding carboxylic acids is 1. The molecule has 5 rings (SSSR count). The van der Waals surface area contributed by atoms with Crippen molar-refractivity contribution in [2.75, 3.05) is 25.4 Å². The lowest BCUT2D eigenvalue weighted by molar-refractivity contribution is 0.0946. The van der Waals surface area contributed by atoms with Gasteiger partial charge in [-0.1, -0.05) is 18.2 Å². The van der Waals surface area contributed by atoms with Crippen molar-refractivity contribution in [2.45, 2.75) is 25.4 Å². The second-order valence-electron chi connectivity index (χ2n) is 8.53. The van der Waals surface area contributed by atoms with Crippen LogP contribution in [0.1, 0.15) is 34.3 Å². The highest BCUT2D eigenvalue weighted by Gasteiger charge is 2.20. The van der Waals surface area contributed by atoms with Gasteiger partial charge < -0.3 is 21.1 Å². The van der Waals surface area contributed by atoms with Crippen molar-refractivity contribution in [3.05, 3.63) is 65.1 Å². The zero-order valence-corrected chi connectivity index (χ0v) is 18.5. The SMILES string of the molecule is N#Cc1cc(-c2cc(-c3ccc4c(c3)CCNC4=O)c(N)nc2F)ccc1OC1CCNCC1. The van der Waals surface area contributed by atoms with Crippen molar-refractivity contribution >= 4 is 11.7 Å². The second kappa shape index (κ2) is 9.12. The van der Waals surface area contributed by atoms with Crippen molar-refractivity contribution in [3.8, 4) is 34.1 Å². The second-order valence-corrected chi connectivity index (χ2v) is 8.53. The fourth-order valence-corrected chi connectivity index (χ4v) is 4.51. The number of nitriles is 1. The number of nitrogens with one attached hydrogen (secondary N) is 2. The maximum atomic E-state index is 14.9. The number of benzene rings is 2. The lowest BCUT2D eigenvalue weighted by Crippen LogP contribution is -2.34. The smallest absolute Gasteiger partial charge is 0.251 e.